The SMILES string of the molecule is Cc1cccc(CS(=O)(=O)NCc2cccnc2)c1. The fourth-order valence-corrected chi connectivity index (χ4v) is 2.88. The third-order valence-electron chi connectivity index (χ3n) is 2.66. The molecule has 0 aliphatic rings. The quantitative estimate of drug-likeness (QED) is 0.908. The van der Waals surface area contributed by atoms with Gasteiger partial charge in [0.25, 0.3) is 0 Å². The third kappa shape index (κ3) is 4.46. The Morgan fingerprint density at radius 2 is 1.95 bits per heavy atom. The van der Waals surface area contributed by atoms with Crippen molar-refractivity contribution in [3.63, 3.8) is 0 Å². The topological polar surface area (TPSA) is 59.1 Å². The van der Waals surface area contributed by atoms with Gasteiger partial charge in [-0.15, -0.1) is 0 Å². The van der Waals surface area contributed by atoms with Gasteiger partial charge in [0.05, 0.1) is 5.75 Å². The number of nitrogens with zero attached hydrogens (tertiary/aromatic N) is 1. The van der Waals surface area contributed by atoms with Crippen molar-refractivity contribution in [1.82, 2.24) is 9.71 Å². The summed E-state index contributed by atoms with van der Waals surface area (Å²) in [5, 5.41) is 0. The zero-order valence-corrected chi connectivity index (χ0v) is 11.5. The molecule has 100 valence electrons. The summed E-state index contributed by atoms with van der Waals surface area (Å²) in [5.41, 5.74) is 2.69. The van der Waals surface area contributed by atoms with Gasteiger partial charge in [0.1, 0.15) is 0 Å². The first-order valence-electron chi connectivity index (χ1n) is 5.97. The lowest BCUT2D eigenvalue weighted by molar-refractivity contribution is 0.580. The molecular weight excluding hydrogens is 260 g/mol. The Bertz CT molecular complexity index is 640. The van der Waals surface area contributed by atoms with E-state index in [1.165, 1.54) is 0 Å². The fraction of sp³-hybridized carbons (Fsp3) is 0.214. The van der Waals surface area contributed by atoms with Crippen LogP contribution in [0.15, 0.2) is 48.8 Å². The first-order chi connectivity index (χ1) is 9.05. The molecule has 1 N–H and O–H groups in total. The van der Waals surface area contributed by atoms with E-state index in [1.54, 1.807) is 18.5 Å². The molecule has 1 aromatic carbocycles. The zero-order valence-electron chi connectivity index (χ0n) is 10.7. The standard InChI is InChI=1S/C14H16N2O2S/c1-12-4-2-5-13(8-12)11-19(17,18)16-10-14-6-3-7-15-9-14/h2-9,16H,10-11H2,1H3. The monoisotopic (exact) mass is 276 g/mol. The Hall–Kier alpha value is -1.72. The van der Waals surface area contributed by atoms with Gasteiger partial charge in [-0.05, 0) is 24.1 Å². The number of sulfonamides is 1. The van der Waals surface area contributed by atoms with Crippen molar-refractivity contribution in [2.24, 2.45) is 0 Å². The van der Waals surface area contributed by atoms with Gasteiger partial charge in [-0.2, -0.15) is 0 Å². The minimum atomic E-state index is -3.33. The van der Waals surface area contributed by atoms with Gasteiger partial charge in [0, 0.05) is 18.9 Å². The molecule has 0 radical (unpaired) electrons. The van der Waals surface area contributed by atoms with E-state index in [-0.39, 0.29) is 12.3 Å². The molecule has 0 amide bonds. The number of nitrogens with one attached hydrogen (secondary N) is 1. The highest BCUT2D eigenvalue weighted by atomic mass is 32.2. The Kier molecular flexibility index (Phi) is 4.29. The second-order valence-electron chi connectivity index (χ2n) is 4.43. The van der Waals surface area contributed by atoms with E-state index in [2.05, 4.69) is 9.71 Å². The third-order valence-corrected chi connectivity index (χ3v) is 3.96. The summed E-state index contributed by atoms with van der Waals surface area (Å²) in [6.07, 6.45) is 3.31. The molecule has 1 aromatic heterocycles. The molecule has 4 nitrogen and oxygen atoms in total. The van der Waals surface area contributed by atoms with Crippen LogP contribution in [-0.4, -0.2) is 13.4 Å². The minimum absolute atomic E-state index is 0.00502. The van der Waals surface area contributed by atoms with Crippen molar-refractivity contribution < 1.29 is 8.42 Å². The van der Waals surface area contributed by atoms with E-state index >= 15 is 0 Å². The Morgan fingerprint density at radius 1 is 1.16 bits per heavy atom. The summed E-state index contributed by atoms with van der Waals surface area (Å²) in [4.78, 5) is 3.95. The van der Waals surface area contributed by atoms with Crippen molar-refractivity contribution in [3.05, 3.63) is 65.5 Å². The average molecular weight is 276 g/mol. The molecule has 2 aromatic rings. The van der Waals surface area contributed by atoms with Crippen molar-refractivity contribution in [2.45, 2.75) is 19.2 Å². The van der Waals surface area contributed by atoms with Crippen molar-refractivity contribution >= 4 is 10.0 Å². The van der Waals surface area contributed by atoms with Crippen LogP contribution in [0, 0.1) is 6.92 Å². The molecule has 0 unspecified atom stereocenters. The minimum Gasteiger partial charge on any atom is -0.264 e. The Balaban J connectivity index is 1.99. The first-order valence-corrected chi connectivity index (χ1v) is 7.62. The maximum Gasteiger partial charge on any atom is 0.216 e. The maximum atomic E-state index is 12.0. The highest BCUT2D eigenvalue weighted by Crippen LogP contribution is 2.08. The second kappa shape index (κ2) is 5.95. The van der Waals surface area contributed by atoms with Crippen LogP contribution in [-0.2, 0) is 22.3 Å². The number of benzene rings is 1. The molecule has 0 saturated heterocycles. The van der Waals surface area contributed by atoms with Crippen LogP contribution >= 0.6 is 0 Å². The molecule has 0 aliphatic heterocycles. The highest BCUT2D eigenvalue weighted by Gasteiger charge is 2.11. The summed E-state index contributed by atoms with van der Waals surface area (Å²) in [5.74, 6) is -0.00502. The van der Waals surface area contributed by atoms with E-state index < -0.39 is 10.0 Å². The van der Waals surface area contributed by atoms with Gasteiger partial charge >= 0.3 is 0 Å². The van der Waals surface area contributed by atoms with E-state index in [0.717, 1.165) is 16.7 Å². The van der Waals surface area contributed by atoms with Gasteiger partial charge < -0.3 is 0 Å². The summed E-state index contributed by atoms with van der Waals surface area (Å²) in [6, 6.07) is 11.1. The lowest BCUT2D eigenvalue weighted by Gasteiger charge is -2.07. The molecule has 0 bridgehead atoms. The predicted octanol–water partition coefficient (Wildman–Crippen LogP) is 2.01. The molecule has 1 heterocycles. The molecule has 5 heteroatoms. The van der Waals surface area contributed by atoms with Crippen molar-refractivity contribution in [2.75, 3.05) is 0 Å². The van der Waals surface area contributed by atoms with Gasteiger partial charge in [-0.25, -0.2) is 13.1 Å². The molecule has 0 atom stereocenters. The van der Waals surface area contributed by atoms with E-state index in [9.17, 15) is 8.42 Å². The number of aryl methyl sites for hydroxylation is 1. The molecule has 0 saturated carbocycles. The summed E-state index contributed by atoms with van der Waals surface area (Å²) in [6.45, 7) is 2.21. The lowest BCUT2D eigenvalue weighted by atomic mass is 10.2. The van der Waals surface area contributed by atoms with E-state index in [0.29, 0.717) is 0 Å². The Morgan fingerprint density at radius 3 is 2.63 bits per heavy atom. The van der Waals surface area contributed by atoms with Crippen LogP contribution in [0.3, 0.4) is 0 Å². The summed E-state index contributed by atoms with van der Waals surface area (Å²) < 4.78 is 26.5. The average Bonchev–Trinajstić information content (AvgIpc) is 2.37. The predicted molar refractivity (Wildman–Crippen MR) is 74.9 cm³/mol. The molecule has 0 spiro atoms. The molecule has 19 heavy (non-hydrogen) atoms. The maximum absolute atomic E-state index is 12.0. The Labute approximate surface area is 113 Å². The summed E-state index contributed by atoms with van der Waals surface area (Å²) >= 11 is 0. The van der Waals surface area contributed by atoms with Crippen LogP contribution in [0.25, 0.3) is 0 Å². The first kappa shape index (κ1) is 13.7. The van der Waals surface area contributed by atoms with Crippen LogP contribution in [0.1, 0.15) is 16.7 Å². The largest absolute Gasteiger partial charge is 0.264 e. The van der Waals surface area contributed by atoms with Gasteiger partial charge in [0.15, 0.2) is 0 Å². The van der Waals surface area contributed by atoms with Crippen molar-refractivity contribution in [3.8, 4) is 0 Å². The second-order valence-corrected chi connectivity index (χ2v) is 6.24. The highest BCUT2D eigenvalue weighted by molar-refractivity contribution is 7.88. The van der Waals surface area contributed by atoms with Crippen molar-refractivity contribution in [1.29, 1.82) is 0 Å². The van der Waals surface area contributed by atoms with Gasteiger partial charge in [-0.3, -0.25) is 4.98 Å². The number of rotatable bonds is 5. The number of hydrogen-bond donors (Lipinski definition) is 1. The number of aromatic nitrogens is 1. The van der Waals surface area contributed by atoms with E-state index in [1.807, 2.05) is 37.3 Å². The summed E-state index contributed by atoms with van der Waals surface area (Å²) in [7, 11) is -3.33. The van der Waals surface area contributed by atoms with Crippen LogP contribution in [0.4, 0.5) is 0 Å². The van der Waals surface area contributed by atoms with Gasteiger partial charge in [-0.1, -0.05) is 35.9 Å². The normalized spacial score (nSPS) is 11.4. The lowest BCUT2D eigenvalue weighted by Crippen LogP contribution is -2.24. The molecule has 2 rings (SSSR count). The van der Waals surface area contributed by atoms with E-state index in [4.69, 9.17) is 0 Å². The van der Waals surface area contributed by atoms with Crippen LogP contribution < -0.4 is 4.72 Å². The van der Waals surface area contributed by atoms with Gasteiger partial charge in [0.2, 0.25) is 10.0 Å². The zero-order chi connectivity index (χ0) is 13.7. The molecular formula is C14H16N2O2S. The number of hydrogen-bond acceptors (Lipinski definition) is 3. The smallest absolute Gasteiger partial charge is 0.216 e. The van der Waals surface area contributed by atoms with Crippen LogP contribution in [0.2, 0.25) is 0 Å². The number of pyridine rings is 1. The fourth-order valence-electron chi connectivity index (χ4n) is 1.77. The van der Waals surface area contributed by atoms with Crippen LogP contribution in [0.5, 0.6) is 0 Å². The molecule has 0 fully saturated rings. The molecule has 0 aliphatic carbocycles.